The van der Waals surface area contributed by atoms with E-state index in [0.29, 0.717) is 5.56 Å². The first-order chi connectivity index (χ1) is 10.5. The molecule has 0 fully saturated rings. The Hall–Kier alpha value is -2.69. The number of amides is 1. The Balaban J connectivity index is 2.04. The third-order valence-electron chi connectivity index (χ3n) is 3.49. The summed E-state index contributed by atoms with van der Waals surface area (Å²) in [5.74, 6) is -0.234. The monoisotopic (exact) mass is 298 g/mol. The number of aryl methyl sites for hydroxylation is 1. The zero-order valence-electron chi connectivity index (χ0n) is 12.6. The second-order valence-corrected chi connectivity index (χ2v) is 5.26. The summed E-state index contributed by atoms with van der Waals surface area (Å²) in [6, 6.07) is 14.1. The lowest BCUT2D eigenvalue weighted by Gasteiger charge is -2.14. The highest BCUT2D eigenvalue weighted by Crippen LogP contribution is 2.19. The highest BCUT2D eigenvalue weighted by Gasteiger charge is 2.16. The van der Waals surface area contributed by atoms with Crippen LogP contribution >= 0.6 is 0 Å². The highest BCUT2D eigenvalue weighted by atomic mass is 16.6. The summed E-state index contributed by atoms with van der Waals surface area (Å²) in [5.41, 5.74) is 2.55. The van der Waals surface area contributed by atoms with Crippen LogP contribution in [0.2, 0.25) is 0 Å². The highest BCUT2D eigenvalue weighted by molar-refractivity contribution is 5.80. The number of rotatable bonds is 5. The molecule has 0 saturated heterocycles. The van der Waals surface area contributed by atoms with Crippen molar-refractivity contribution in [2.75, 3.05) is 0 Å². The molecule has 0 aliphatic carbocycles. The van der Waals surface area contributed by atoms with E-state index in [9.17, 15) is 14.9 Å². The largest absolute Gasteiger partial charge is 0.349 e. The summed E-state index contributed by atoms with van der Waals surface area (Å²) in [6.45, 7) is 3.89. The molecule has 1 N–H and O–H groups in total. The number of carbonyl (C=O) groups excluding carboxylic acids is 1. The minimum atomic E-state index is -0.466. The van der Waals surface area contributed by atoms with Crippen LogP contribution in [0.1, 0.15) is 29.7 Å². The van der Waals surface area contributed by atoms with Crippen molar-refractivity contribution in [2.45, 2.75) is 26.3 Å². The van der Waals surface area contributed by atoms with Gasteiger partial charge in [-0.15, -0.1) is 0 Å². The Morgan fingerprint density at radius 3 is 2.45 bits per heavy atom. The van der Waals surface area contributed by atoms with Crippen molar-refractivity contribution in [2.24, 2.45) is 0 Å². The maximum atomic E-state index is 12.1. The summed E-state index contributed by atoms with van der Waals surface area (Å²) in [7, 11) is 0. The molecule has 2 aromatic rings. The van der Waals surface area contributed by atoms with Crippen molar-refractivity contribution < 1.29 is 9.72 Å². The predicted octanol–water partition coefficient (Wildman–Crippen LogP) is 3.32. The maximum Gasteiger partial charge on any atom is 0.273 e. The van der Waals surface area contributed by atoms with Crippen molar-refractivity contribution in [1.82, 2.24) is 5.32 Å². The normalized spacial score (nSPS) is 11.7. The average Bonchev–Trinajstić information content (AvgIpc) is 2.48. The lowest BCUT2D eigenvalue weighted by atomic mass is 10.1. The van der Waals surface area contributed by atoms with Gasteiger partial charge in [0.25, 0.3) is 5.69 Å². The van der Waals surface area contributed by atoms with E-state index >= 15 is 0 Å². The molecular weight excluding hydrogens is 280 g/mol. The van der Waals surface area contributed by atoms with Gasteiger partial charge in [-0.2, -0.15) is 0 Å². The van der Waals surface area contributed by atoms with Gasteiger partial charge in [-0.1, -0.05) is 48.0 Å². The van der Waals surface area contributed by atoms with E-state index in [1.807, 2.05) is 38.1 Å². The average molecular weight is 298 g/mol. The SMILES string of the molecule is Cc1ccc(C(C)NC(=O)Cc2ccccc2[N+](=O)[O-])cc1. The van der Waals surface area contributed by atoms with Gasteiger partial charge >= 0.3 is 0 Å². The zero-order valence-corrected chi connectivity index (χ0v) is 12.6. The minimum absolute atomic E-state index is 0.00659. The molecule has 2 rings (SSSR count). The lowest BCUT2D eigenvalue weighted by Crippen LogP contribution is -2.28. The number of para-hydroxylation sites is 1. The first kappa shape index (κ1) is 15.7. The van der Waals surface area contributed by atoms with Crippen molar-refractivity contribution in [3.8, 4) is 0 Å². The van der Waals surface area contributed by atoms with Gasteiger partial charge in [-0.05, 0) is 19.4 Å². The summed E-state index contributed by atoms with van der Waals surface area (Å²) in [6.07, 6.45) is -0.00659. The Morgan fingerprint density at radius 1 is 1.18 bits per heavy atom. The van der Waals surface area contributed by atoms with Gasteiger partial charge in [0, 0.05) is 11.6 Å². The molecule has 22 heavy (non-hydrogen) atoms. The molecule has 2 aromatic carbocycles. The van der Waals surface area contributed by atoms with E-state index in [2.05, 4.69) is 5.32 Å². The van der Waals surface area contributed by atoms with E-state index in [0.717, 1.165) is 11.1 Å². The standard InChI is InChI=1S/C17H18N2O3/c1-12-7-9-14(10-8-12)13(2)18-17(20)11-15-5-3-4-6-16(15)19(21)22/h3-10,13H,11H2,1-2H3,(H,18,20). The van der Waals surface area contributed by atoms with Gasteiger partial charge in [0.2, 0.25) is 5.91 Å². The fraction of sp³-hybridized carbons (Fsp3) is 0.235. The fourth-order valence-electron chi connectivity index (χ4n) is 2.24. The number of nitrogens with one attached hydrogen (secondary N) is 1. The zero-order chi connectivity index (χ0) is 16.1. The van der Waals surface area contributed by atoms with Gasteiger partial charge in [0.15, 0.2) is 0 Å². The summed E-state index contributed by atoms with van der Waals surface area (Å²) >= 11 is 0. The smallest absolute Gasteiger partial charge is 0.273 e. The number of carbonyl (C=O) groups is 1. The molecular formula is C17H18N2O3. The third-order valence-corrected chi connectivity index (χ3v) is 3.49. The van der Waals surface area contributed by atoms with Crippen LogP contribution in [0.4, 0.5) is 5.69 Å². The molecule has 114 valence electrons. The van der Waals surface area contributed by atoms with E-state index in [4.69, 9.17) is 0 Å². The molecule has 1 unspecified atom stereocenters. The second-order valence-electron chi connectivity index (χ2n) is 5.26. The molecule has 5 nitrogen and oxygen atoms in total. The number of nitrogens with zero attached hydrogens (tertiary/aromatic N) is 1. The summed E-state index contributed by atoms with van der Waals surface area (Å²) < 4.78 is 0. The third kappa shape index (κ3) is 3.91. The second kappa shape index (κ2) is 6.85. The van der Waals surface area contributed by atoms with Gasteiger partial charge in [0.05, 0.1) is 17.4 Å². The predicted molar refractivity (Wildman–Crippen MR) is 84.5 cm³/mol. The molecule has 1 atom stereocenters. The van der Waals surface area contributed by atoms with E-state index in [1.54, 1.807) is 18.2 Å². The Labute approximate surface area is 129 Å². The summed E-state index contributed by atoms with van der Waals surface area (Å²) in [5, 5.41) is 13.8. The molecule has 0 aliphatic heterocycles. The molecule has 0 spiro atoms. The first-order valence-corrected chi connectivity index (χ1v) is 7.05. The van der Waals surface area contributed by atoms with Crippen LogP contribution in [0, 0.1) is 17.0 Å². The van der Waals surface area contributed by atoms with Crippen LogP contribution in [0.25, 0.3) is 0 Å². The molecule has 0 aromatic heterocycles. The Morgan fingerprint density at radius 2 is 1.82 bits per heavy atom. The molecule has 0 radical (unpaired) electrons. The van der Waals surface area contributed by atoms with Crippen molar-refractivity contribution in [1.29, 1.82) is 0 Å². The van der Waals surface area contributed by atoms with Crippen LogP contribution in [-0.2, 0) is 11.2 Å². The summed E-state index contributed by atoms with van der Waals surface area (Å²) in [4.78, 5) is 22.6. The molecule has 1 amide bonds. The van der Waals surface area contributed by atoms with Crippen LogP contribution in [0.15, 0.2) is 48.5 Å². The van der Waals surface area contributed by atoms with Crippen molar-refractivity contribution in [3.63, 3.8) is 0 Å². The van der Waals surface area contributed by atoms with Gasteiger partial charge in [0.1, 0.15) is 0 Å². The molecule has 0 saturated carbocycles. The minimum Gasteiger partial charge on any atom is -0.349 e. The van der Waals surface area contributed by atoms with E-state index in [-0.39, 0.29) is 24.1 Å². The Bertz CT molecular complexity index is 681. The molecule has 0 bridgehead atoms. The van der Waals surface area contributed by atoms with E-state index < -0.39 is 4.92 Å². The van der Waals surface area contributed by atoms with E-state index in [1.165, 1.54) is 6.07 Å². The molecule has 5 heteroatoms. The first-order valence-electron chi connectivity index (χ1n) is 7.05. The number of hydrogen-bond donors (Lipinski definition) is 1. The van der Waals surface area contributed by atoms with Gasteiger partial charge < -0.3 is 5.32 Å². The number of hydrogen-bond acceptors (Lipinski definition) is 3. The molecule has 0 heterocycles. The van der Waals surface area contributed by atoms with Gasteiger partial charge in [-0.25, -0.2) is 0 Å². The van der Waals surface area contributed by atoms with Gasteiger partial charge in [-0.3, -0.25) is 14.9 Å². The number of nitro groups is 1. The van der Waals surface area contributed by atoms with Crippen molar-refractivity contribution >= 4 is 11.6 Å². The fourth-order valence-corrected chi connectivity index (χ4v) is 2.24. The van der Waals surface area contributed by atoms with Crippen LogP contribution in [0.3, 0.4) is 0 Å². The topological polar surface area (TPSA) is 72.2 Å². The maximum absolute atomic E-state index is 12.1. The lowest BCUT2D eigenvalue weighted by molar-refractivity contribution is -0.385. The van der Waals surface area contributed by atoms with Crippen LogP contribution in [-0.4, -0.2) is 10.8 Å². The van der Waals surface area contributed by atoms with Crippen molar-refractivity contribution in [3.05, 3.63) is 75.3 Å². The van der Waals surface area contributed by atoms with Crippen LogP contribution in [0.5, 0.6) is 0 Å². The number of nitro benzene ring substituents is 1. The Kier molecular flexibility index (Phi) is 4.88. The number of benzene rings is 2. The van der Waals surface area contributed by atoms with Crippen LogP contribution < -0.4 is 5.32 Å². The molecule has 0 aliphatic rings. The quantitative estimate of drug-likeness (QED) is 0.680.